The van der Waals surface area contributed by atoms with Crippen molar-refractivity contribution in [1.82, 2.24) is 30.7 Å². The Morgan fingerprint density at radius 3 is 2.70 bits per heavy atom. The molecule has 3 aliphatic rings. The zero-order valence-electron chi connectivity index (χ0n) is 17.5. The summed E-state index contributed by atoms with van der Waals surface area (Å²) in [4.78, 5) is 46.3. The van der Waals surface area contributed by atoms with Gasteiger partial charge in [-0.15, -0.1) is 11.3 Å². The number of hydrogen-bond acceptors (Lipinski definition) is 6. The number of amides is 4. The van der Waals surface area contributed by atoms with Crippen molar-refractivity contribution in [3.8, 4) is 0 Å². The van der Waals surface area contributed by atoms with Crippen molar-refractivity contribution in [2.75, 3.05) is 19.6 Å². The summed E-state index contributed by atoms with van der Waals surface area (Å²) in [5.74, 6) is -0.0210. The van der Waals surface area contributed by atoms with Crippen molar-refractivity contribution in [3.05, 3.63) is 16.6 Å². The van der Waals surface area contributed by atoms with Gasteiger partial charge >= 0.3 is 6.03 Å². The molecule has 3 N–H and O–H groups in total. The SMILES string of the molecule is CC(C)NC(=O)N[C@H]1C[C@H]2CN(Cc3nccs3)C[C@H](NC(=O)C3CC3)C(=O)N2C1. The molecule has 1 aromatic heterocycles. The molecule has 164 valence electrons. The highest BCUT2D eigenvalue weighted by Gasteiger charge is 2.44. The molecule has 9 nitrogen and oxygen atoms in total. The number of fused-ring (bicyclic) bond motifs is 1. The van der Waals surface area contributed by atoms with Crippen LogP contribution in [-0.4, -0.2) is 76.4 Å². The summed E-state index contributed by atoms with van der Waals surface area (Å²) in [5, 5.41) is 11.8. The summed E-state index contributed by atoms with van der Waals surface area (Å²) < 4.78 is 0. The van der Waals surface area contributed by atoms with E-state index >= 15 is 0 Å². The predicted octanol–water partition coefficient (Wildman–Crippen LogP) is 0.531. The van der Waals surface area contributed by atoms with Gasteiger partial charge < -0.3 is 20.9 Å². The number of carbonyl (C=O) groups excluding carboxylic acids is 3. The van der Waals surface area contributed by atoms with Crippen molar-refractivity contribution in [2.24, 2.45) is 5.92 Å². The van der Waals surface area contributed by atoms with Gasteiger partial charge in [0.2, 0.25) is 11.8 Å². The van der Waals surface area contributed by atoms with Crippen LogP contribution in [0.25, 0.3) is 0 Å². The standard InChI is InChI=1S/C20H30N6O3S/c1-12(2)22-20(29)23-14-7-15-9-25(11-17-21-5-6-30-17)10-16(19(28)26(15)8-14)24-18(27)13-3-4-13/h5-6,12-16H,3-4,7-11H2,1-2H3,(H,24,27)(H2,22,23,29)/t14-,15-,16-/m0/s1. The Morgan fingerprint density at radius 2 is 2.03 bits per heavy atom. The monoisotopic (exact) mass is 434 g/mol. The fraction of sp³-hybridized carbons (Fsp3) is 0.700. The maximum Gasteiger partial charge on any atom is 0.315 e. The van der Waals surface area contributed by atoms with E-state index in [0.717, 1.165) is 17.8 Å². The minimum atomic E-state index is -0.564. The number of urea groups is 1. The zero-order chi connectivity index (χ0) is 21.3. The summed E-state index contributed by atoms with van der Waals surface area (Å²) in [7, 11) is 0. The van der Waals surface area contributed by atoms with Gasteiger partial charge in [0, 0.05) is 49.2 Å². The summed E-state index contributed by atoms with van der Waals surface area (Å²) in [6.07, 6.45) is 4.29. The first-order chi connectivity index (χ1) is 14.4. The molecular formula is C20H30N6O3S. The van der Waals surface area contributed by atoms with Crippen LogP contribution in [0.2, 0.25) is 0 Å². The Hall–Kier alpha value is -2.20. The molecule has 2 aliphatic heterocycles. The van der Waals surface area contributed by atoms with Crippen LogP contribution in [0.3, 0.4) is 0 Å². The Balaban J connectivity index is 1.46. The van der Waals surface area contributed by atoms with E-state index in [4.69, 9.17) is 0 Å². The second-order valence-corrected chi connectivity index (χ2v) is 9.78. The van der Waals surface area contributed by atoms with Gasteiger partial charge in [-0.1, -0.05) is 0 Å². The van der Waals surface area contributed by atoms with Crippen LogP contribution in [-0.2, 0) is 16.1 Å². The predicted molar refractivity (Wildman–Crippen MR) is 113 cm³/mol. The molecule has 1 aromatic rings. The normalized spacial score (nSPS) is 27.0. The van der Waals surface area contributed by atoms with Gasteiger partial charge in [-0.3, -0.25) is 14.5 Å². The lowest BCUT2D eigenvalue weighted by Gasteiger charge is -2.24. The maximum atomic E-state index is 13.3. The van der Waals surface area contributed by atoms with Crippen molar-refractivity contribution < 1.29 is 14.4 Å². The number of nitrogens with one attached hydrogen (secondary N) is 3. The molecule has 0 spiro atoms. The van der Waals surface area contributed by atoms with Crippen molar-refractivity contribution >= 4 is 29.2 Å². The molecule has 0 unspecified atom stereocenters. The van der Waals surface area contributed by atoms with E-state index < -0.39 is 6.04 Å². The molecule has 4 rings (SSSR count). The molecule has 3 heterocycles. The molecule has 0 radical (unpaired) electrons. The van der Waals surface area contributed by atoms with Gasteiger partial charge in [-0.2, -0.15) is 0 Å². The first-order valence-corrected chi connectivity index (χ1v) is 11.6. The largest absolute Gasteiger partial charge is 0.343 e. The number of thiazole rings is 1. The molecular weight excluding hydrogens is 404 g/mol. The molecule has 3 fully saturated rings. The highest BCUT2D eigenvalue weighted by molar-refractivity contribution is 7.09. The average molecular weight is 435 g/mol. The van der Waals surface area contributed by atoms with E-state index in [0.29, 0.717) is 32.6 Å². The van der Waals surface area contributed by atoms with Crippen LogP contribution in [0, 0.1) is 5.92 Å². The molecule has 3 atom stereocenters. The molecule has 30 heavy (non-hydrogen) atoms. The Morgan fingerprint density at radius 1 is 1.23 bits per heavy atom. The maximum absolute atomic E-state index is 13.3. The highest BCUT2D eigenvalue weighted by Crippen LogP contribution is 2.30. The van der Waals surface area contributed by atoms with E-state index in [9.17, 15) is 14.4 Å². The van der Waals surface area contributed by atoms with Gasteiger partial charge in [0.1, 0.15) is 11.0 Å². The van der Waals surface area contributed by atoms with Gasteiger partial charge in [0.05, 0.1) is 12.6 Å². The van der Waals surface area contributed by atoms with Crippen molar-refractivity contribution in [1.29, 1.82) is 0 Å². The molecule has 4 amide bonds. The molecule has 0 bridgehead atoms. The first-order valence-electron chi connectivity index (χ1n) is 10.7. The van der Waals surface area contributed by atoms with Crippen LogP contribution >= 0.6 is 11.3 Å². The van der Waals surface area contributed by atoms with Crippen molar-refractivity contribution in [3.63, 3.8) is 0 Å². The number of hydrogen-bond donors (Lipinski definition) is 3. The second kappa shape index (κ2) is 8.89. The Kier molecular flexibility index (Phi) is 6.24. The number of rotatable bonds is 6. The fourth-order valence-corrected chi connectivity index (χ4v) is 4.91. The third-order valence-corrected chi connectivity index (χ3v) is 6.53. The van der Waals surface area contributed by atoms with Crippen molar-refractivity contribution in [2.45, 2.75) is 63.8 Å². The third-order valence-electron chi connectivity index (χ3n) is 5.77. The van der Waals surface area contributed by atoms with Gasteiger partial charge in [-0.05, 0) is 33.1 Å². The number of carbonyl (C=O) groups is 3. The summed E-state index contributed by atoms with van der Waals surface area (Å²) in [6.45, 7) is 6.12. The van der Waals surface area contributed by atoms with Gasteiger partial charge in [-0.25, -0.2) is 9.78 Å². The van der Waals surface area contributed by atoms with E-state index in [1.54, 1.807) is 17.5 Å². The van der Waals surface area contributed by atoms with E-state index in [1.165, 1.54) is 0 Å². The topological polar surface area (TPSA) is 107 Å². The summed E-state index contributed by atoms with van der Waals surface area (Å²) in [6, 6.07) is -0.818. The van der Waals surface area contributed by atoms with Crippen LogP contribution in [0.4, 0.5) is 4.79 Å². The van der Waals surface area contributed by atoms with Crippen LogP contribution in [0.15, 0.2) is 11.6 Å². The fourth-order valence-electron chi connectivity index (χ4n) is 4.26. The first kappa shape index (κ1) is 21.0. The van der Waals surface area contributed by atoms with Crippen LogP contribution < -0.4 is 16.0 Å². The smallest absolute Gasteiger partial charge is 0.315 e. The highest BCUT2D eigenvalue weighted by atomic mass is 32.1. The lowest BCUT2D eigenvalue weighted by Crippen LogP contribution is -2.52. The second-order valence-electron chi connectivity index (χ2n) is 8.80. The van der Waals surface area contributed by atoms with Gasteiger partial charge in [0.25, 0.3) is 0 Å². The Bertz CT molecular complexity index is 782. The molecule has 1 saturated carbocycles. The van der Waals surface area contributed by atoms with Crippen LogP contribution in [0.5, 0.6) is 0 Å². The van der Waals surface area contributed by atoms with E-state index in [1.807, 2.05) is 24.1 Å². The lowest BCUT2D eigenvalue weighted by atomic mass is 10.1. The summed E-state index contributed by atoms with van der Waals surface area (Å²) >= 11 is 1.59. The molecule has 1 aliphatic carbocycles. The molecule has 0 aromatic carbocycles. The number of aromatic nitrogens is 1. The quantitative estimate of drug-likeness (QED) is 0.606. The van der Waals surface area contributed by atoms with E-state index in [2.05, 4.69) is 25.8 Å². The molecule has 2 saturated heterocycles. The third kappa shape index (κ3) is 5.10. The lowest BCUT2D eigenvalue weighted by molar-refractivity contribution is -0.136. The van der Waals surface area contributed by atoms with Gasteiger partial charge in [0.15, 0.2) is 0 Å². The molecule has 10 heteroatoms. The minimum Gasteiger partial charge on any atom is -0.343 e. The zero-order valence-corrected chi connectivity index (χ0v) is 18.3. The van der Waals surface area contributed by atoms with Crippen LogP contribution in [0.1, 0.15) is 38.1 Å². The summed E-state index contributed by atoms with van der Waals surface area (Å²) in [5.41, 5.74) is 0. The average Bonchev–Trinajstić information content (AvgIpc) is 3.30. The van der Waals surface area contributed by atoms with E-state index in [-0.39, 0.29) is 41.9 Å². The Labute approximate surface area is 180 Å². The number of nitrogens with zero attached hydrogens (tertiary/aromatic N) is 3. The minimum absolute atomic E-state index is 0.00430.